The van der Waals surface area contributed by atoms with Crippen LogP contribution in [0.2, 0.25) is 0 Å². The lowest BCUT2D eigenvalue weighted by molar-refractivity contribution is 0.109. The summed E-state index contributed by atoms with van der Waals surface area (Å²) in [4.78, 5) is 2.67. The maximum Gasteiger partial charge on any atom is 0.0133 e. The molecule has 0 aromatic heterocycles. The van der Waals surface area contributed by atoms with Crippen molar-refractivity contribution < 1.29 is 0 Å². The van der Waals surface area contributed by atoms with Crippen molar-refractivity contribution >= 4 is 0 Å². The van der Waals surface area contributed by atoms with Crippen LogP contribution in [0.4, 0.5) is 0 Å². The molecule has 16 heavy (non-hydrogen) atoms. The van der Waals surface area contributed by atoms with Crippen molar-refractivity contribution in [1.29, 1.82) is 0 Å². The van der Waals surface area contributed by atoms with Crippen LogP contribution in [0, 0.1) is 5.92 Å². The Bertz CT molecular complexity index is 425. The second-order valence-electron chi connectivity index (χ2n) is 5.87. The molecule has 4 rings (SSSR count). The normalized spacial score (nSPS) is 40.8. The highest BCUT2D eigenvalue weighted by atomic mass is 15.2. The summed E-state index contributed by atoms with van der Waals surface area (Å²) >= 11 is 0. The lowest BCUT2D eigenvalue weighted by Gasteiger charge is -2.40. The Kier molecular flexibility index (Phi) is 1.79. The van der Waals surface area contributed by atoms with Gasteiger partial charge in [0, 0.05) is 12.1 Å². The minimum Gasteiger partial charge on any atom is -0.300 e. The second-order valence-corrected chi connectivity index (χ2v) is 5.87. The van der Waals surface area contributed by atoms with E-state index in [9.17, 15) is 0 Å². The first-order chi connectivity index (χ1) is 7.84. The highest BCUT2D eigenvalue weighted by Gasteiger charge is 2.48. The maximum absolute atomic E-state index is 2.67. The summed E-state index contributed by atoms with van der Waals surface area (Å²) < 4.78 is 0. The molecule has 1 aromatic carbocycles. The van der Waals surface area contributed by atoms with Crippen LogP contribution in [-0.2, 0) is 6.42 Å². The van der Waals surface area contributed by atoms with E-state index in [1.807, 2.05) is 0 Å². The van der Waals surface area contributed by atoms with Gasteiger partial charge >= 0.3 is 0 Å². The van der Waals surface area contributed by atoms with E-state index >= 15 is 0 Å². The molecule has 1 aromatic rings. The first-order valence-electron chi connectivity index (χ1n) is 6.64. The molecule has 4 atom stereocenters. The van der Waals surface area contributed by atoms with Gasteiger partial charge in [0.15, 0.2) is 0 Å². The third-order valence-electron chi connectivity index (χ3n) is 5.34. The van der Waals surface area contributed by atoms with Crippen molar-refractivity contribution in [2.75, 3.05) is 7.05 Å². The van der Waals surface area contributed by atoms with E-state index < -0.39 is 0 Å². The predicted molar refractivity (Wildman–Crippen MR) is 65.6 cm³/mol. The zero-order valence-corrected chi connectivity index (χ0v) is 9.89. The SMILES string of the molecule is CN1[C@@H]2CC[C@H]1[C@@H]1Cc3ccccc3[C@@H]1C2. The zero-order valence-electron chi connectivity index (χ0n) is 9.89. The first kappa shape index (κ1) is 9.23. The largest absolute Gasteiger partial charge is 0.300 e. The number of nitrogens with zero attached hydrogens (tertiary/aromatic N) is 1. The van der Waals surface area contributed by atoms with Crippen LogP contribution >= 0.6 is 0 Å². The monoisotopic (exact) mass is 213 g/mol. The summed E-state index contributed by atoms with van der Waals surface area (Å²) in [6.45, 7) is 0. The number of piperidine rings is 1. The summed E-state index contributed by atoms with van der Waals surface area (Å²) in [5.74, 6) is 1.80. The lowest BCUT2D eigenvalue weighted by Crippen LogP contribution is -2.44. The van der Waals surface area contributed by atoms with Crippen molar-refractivity contribution in [3.05, 3.63) is 35.4 Å². The van der Waals surface area contributed by atoms with Crippen LogP contribution in [-0.4, -0.2) is 24.0 Å². The highest BCUT2D eigenvalue weighted by molar-refractivity contribution is 5.38. The van der Waals surface area contributed by atoms with Gasteiger partial charge in [-0.3, -0.25) is 0 Å². The van der Waals surface area contributed by atoms with Crippen molar-refractivity contribution in [2.45, 2.75) is 43.7 Å². The standard InChI is InChI=1S/C15H19N/c1-16-11-6-7-15(16)14-8-10-4-2-3-5-12(10)13(14)9-11/h2-5,11,13-15H,6-9H2,1H3/t11-,13+,14-,15+/m1/s1. The van der Waals surface area contributed by atoms with Gasteiger partial charge in [-0.2, -0.15) is 0 Å². The van der Waals surface area contributed by atoms with E-state index in [-0.39, 0.29) is 0 Å². The molecule has 0 saturated carbocycles. The van der Waals surface area contributed by atoms with E-state index in [0.717, 1.165) is 23.9 Å². The molecular weight excluding hydrogens is 194 g/mol. The predicted octanol–water partition coefficient (Wildman–Crippen LogP) is 2.81. The average Bonchev–Trinajstić information content (AvgIpc) is 2.77. The summed E-state index contributed by atoms with van der Waals surface area (Å²) in [6.07, 6.45) is 5.63. The Balaban J connectivity index is 1.77. The molecule has 2 aliphatic heterocycles. The van der Waals surface area contributed by atoms with Crippen LogP contribution in [0.15, 0.2) is 24.3 Å². The Labute approximate surface area is 97.5 Å². The Morgan fingerprint density at radius 2 is 2.06 bits per heavy atom. The summed E-state index contributed by atoms with van der Waals surface area (Å²) in [5, 5.41) is 0. The quantitative estimate of drug-likeness (QED) is 0.640. The Morgan fingerprint density at radius 3 is 3.00 bits per heavy atom. The maximum atomic E-state index is 2.67. The fourth-order valence-electron chi connectivity index (χ4n) is 4.55. The minimum atomic E-state index is 0.871. The number of fused-ring (bicyclic) bond motifs is 6. The van der Waals surface area contributed by atoms with Crippen molar-refractivity contribution in [3.63, 3.8) is 0 Å². The summed E-state index contributed by atoms with van der Waals surface area (Å²) in [5.41, 5.74) is 3.32. The zero-order chi connectivity index (χ0) is 10.7. The molecule has 0 spiro atoms. The first-order valence-corrected chi connectivity index (χ1v) is 6.64. The van der Waals surface area contributed by atoms with Crippen LogP contribution in [0.5, 0.6) is 0 Å². The Hall–Kier alpha value is -0.820. The molecule has 0 amide bonds. The van der Waals surface area contributed by atoms with E-state index in [0.29, 0.717) is 0 Å². The van der Waals surface area contributed by atoms with Crippen LogP contribution in [0.3, 0.4) is 0 Å². The third-order valence-corrected chi connectivity index (χ3v) is 5.34. The van der Waals surface area contributed by atoms with Crippen LogP contribution < -0.4 is 0 Å². The van der Waals surface area contributed by atoms with E-state index in [1.165, 1.54) is 25.7 Å². The van der Waals surface area contributed by atoms with Gasteiger partial charge < -0.3 is 4.90 Å². The molecule has 2 bridgehead atoms. The summed E-state index contributed by atoms with van der Waals surface area (Å²) in [6, 6.07) is 10.9. The van der Waals surface area contributed by atoms with Gasteiger partial charge in [0.1, 0.15) is 0 Å². The van der Waals surface area contributed by atoms with Crippen molar-refractivity contribution in [1.82, 2.24) is 4.90 Å². The fraction of sp³-hybridized carbons (Fsp3) is 0.600. The van der Waals surface area contributed by atoms with Crippen molar-refractivity contribution in [2.24, 2.45) is 5.92 Å². The minimum absolute atomic E-state index is 0.871. The molecule has 3 aliphatic rings. The number of benzene rings is 1. The number of hydrogen-bond donors (Lipinski definition) is 0. The fourth-order valence-corrected chi connectivity index (χ4v) is 4.55. The molecule has 0 radical (unpaired) electrons. The molecule has 0 N–H and O–H groups in total. The molecule has 2 fully saturated rings. The topological polar surface area (TPSA) is 3.24 Å². The molecule has 2 heterocycles. The molecule has 0 unspecified atom stereocenters. The van der Waals surface area contributed by atoms with Crippen molar-refractivity contribution in [3.8, 4) is 0 Å². The summed E-state index contributed by atoms with van der Waals surface area (Å²) in [7, 11) is 2.35. The van der Waals surface area contributed by atoms with Gasteiger partial charge in [-0.25, -0.2) is 0 Å². The third kappa shape index (κ3) is 1.05. The second kappa shape index (κ2) is 3.10. The van der Waals surface area contributed by atoms with Gasteiger partial charge in [0.25, 0.3) is 0 Å². The van der Waals surface area contributed by atoms with Gasteiger partial charge in [-0.05, 0) is 55.7 Å². The smallest absolute Gasteiger partial charge is 0.0133 e. The molecule has 2 saturated heterocycles. The van der Waals surface area contributed by atoms with Gasteiger partial charge in [-0.15, -0.1) is 0 Å². The molecule has 1 nitrogen and oxygen atoms in total. The lowest BCUT2D eigenvalue weighted by atomic mass is 9.81. The van der Waals surface area contributed by atoms with Crippen LogP contribution in [0.25, 0.3) is 0 Å². The molecule has 1 aliphatic carbocycles. The van der Waals surface area contributed by atoms with E-state index in [1.54, 1.807) is 11.1 Å². The van der Waals surface area contributed by atoms with Gasteiger partial charge in [-0.1, -0.05) is 24.3 Å². The van der Waals surface area contributed by atoms with Gasteiger partial charge in [0.05, 0.1) is 0 Å². The Morgan fingerprint density at radius 1 is 1.19 bits per heavy atom. The molecule has 1 heteroatoms. The molecular formula is C15H19N. The highest BCUT2D eigenvalue weighted by Crippen LogP contribution is 2.51. The van der Waals surface area contributed by atoms with E-state index in [2.05, 4.69) is 36.2 Å². The van der Waals surface area contributed by atoms with Crippen LogP contribution in [0.1, 0.15) is 36.3 Å². The number of rotatable bonds is 0. The van der Waals surface area contributed by atoms with Gasteiger partial charge in [0.2, 0.25) is 0 Å². The number of hydrogen-bond acceptors (Lipinski definition) is 1. The average molecular weight is 213 g/mol. The molecule has 84 valence electrons. The van der Waals surface area contributed by atoms with E-state index in [4.69, 9.17) is 0 Å².